The summed E-state index contributed by atoms with van der Waals surface area (Å²) in [5, 5.41) is 0. The van der Waals surface area contributed by atoms with Crippen LogP contribution in [0.25, 0.3) is 0 Å². The molecule has 0 aliphatic rings. The van der Waals surface area contributed by atoms with Crippen LogP contribution >= 0.6 is 0 Å². The Morgan fingerprint density at radius 2 is 0.0270 bits per heavy atom. The smallest absolute Gasteiger partial charge is 0 e. The van der Waals surface area contributed by atoms with Crippen LogP contribution in [0.15, 0.2) is 0 Å². The van der Waals surface area contributed by atoms with Gasteiger partial charge in [-0.05, 0) is 0 Å². The second-order valence-corrected chi connectivity index (χ2v) is 0. The quantitative estimate of drug-likeness (QED) is 0.319. The van der Waals surface area contributed by atoms with Crippen molar-refractivity contribution in [2.75, 3.05) is 0 Å². The predicted molar refractivity (Wildman–Crippen MR) is 0 cm³/mol. The van der Waals surface area contributed by atoms with Crippen LogP contribution in [0.2, 0.25) is 0 Å². The third kappa shape index (κ3) is 258. The molecule has 0 bridgehead atoms. The van der Waals surface area contributed by atoms with Gasteiger partial charge >= 0.3 is 0 Å². The maximum atomic E-state index is 0. The van der Waals surface area contributed by atoms with Crippen molar-refractivity contribution in [3.05, 3.63) is 0 Å². The van der Waals surface area contributed by atoms with Crippen molar-refractivity contribution in [2.45, 2.75) is 0 Å². The van der Waals surface area contributed by atoms with E-state index in [4.69, 9.17) is 0 Å². The molecule has 0 aliphatic heterocycles. The third-order valence-corrected chi connectivity index (χ3v) is 0. The molecule has 0 amide bonds. The molecule has 37 heteroatoms. The summed E-state index contributed by atoms with van der Waals surface area (Å²) >= 11 is 0. The summed E-state index contributed by atoms with van der Waals surface area (Å²) in [6.45, 7) is 0. The van der Waals surface area contributed by atoms with Crippen molar-refractivity contribution in [3.63, 3.8) is 0 Å². The molecule has 0 saturated heterocycles. The Morgan fingerprint density at radius 1 is 0.0270 bits per heavy atom. The summed E-state index contributed by atoms with van der Waals surface area (Å²) in [5.41, 5.74) is 0. The summed E-state index contributed by atoms with van der Waals surface area (Å²) in [6, 6.07) is 0. The van der Waals surface area contributed by atoms with E-state index in [0.29, 0.717) is 0 Å². The van der Waals surface area contributed by atoms with Gasteiger partial charge in [0.2, 0.25) is 0 Å². The third-order valence-electron chi connectivity index (χ3n) is 0. The maximum Gasteiger partial charge on any atom is 0 e. The standard InChI is InChI=1S/37Y. The van der Waals surface area contributed by atoms with E-state index < -0.39 is 0 Å². The van der Waals surface area contributed by atoms with Crippen LogP contribution in [-0.4, -0.2) is 0 Å². The maximum absolute atomic E-state index is 0. The van der Waals surface area contributed by atoms with Crippen molar-refractivity contribution >= 4 is 0 Å². The molecule has 0 rings (SSSR count). The molecule has 0 nitrogen and oxygen atoms in total. The fourth-order valence-corrected chi connectivity index (χ4v) is 0. The molecule has 0 unspecified atom stereocenters. The molecule has 0 saturated carbocycles. The van der Waals surface area contributed by atoms with Crippen LogP contribution in [0.5, 0.6) is 0 Å². The van der Waals surface area contributed by atoms with Gasteiger partial charge in [0.1, 0.15) is 0 Å². The minimum Gasteiger partial charge on any atom is 0 e. The van der Waals surface area contributed by atoms with Gasteiger partial charge in [-0.25, -0.2) is 0 Å². The van der Waals surface area contributed by atoms with Gasteiger partial charge < -0.3 is 0 Å². The first kappa shape index (κ1) is 276. The van der Waals surface area contributed by atoms with Crippen LogP contribution in [0, 0.1) is 0 Å². The van der Waals surface area contributed by atoms with E-state index in [2.05, 4.69) is 0 Å². The van der Waals surface area contributed by atoms with E-state index in [0.717, 1.165) is 0 Å². The number of hydrogen-bond donors (Lipinski definition) is 0. The zero-order valence-electron chi connectivity index (χ0n) is 21.4. The molecule has 0 heterocycles. The second kappa shape index (κ2) is 265. The molecule has 0 spiro atoms. The van der Waals surface area contributed by atoms with Crippen molar-refractivity contribution in [1.29, 1.82) is 0 Å². The van der Waals surface area contributed by atoms with Crippen molar-refractivity contribution in [1.82, 2.24) is 0 Å². The van der Waals surface area contributed by atoms with E-state index in [1.807, 2.05) is 0 Å². The average molecular weight is 3290 g/mol. The van der Waals surface area contributed by atoms with E-state index in [9.17, 15) is 0 Å². The largest absolute Gasteiger partial charge is 0 e. The first-order valence-corrected chi connectivity index (χ1v) is 0. The van der Waals surface area contributed by atoms with E-state index in [1.54, 1.807) is 0 Å². The zero-order valence-corrected chi connectivity index (χ0v) is 126. The Balaban J connectivity index is 0. The van der Waals surface area contributed by atoms with Gasteiger partial charge in [-0.2, -0.15) is 0 Å². The molecule has 0 aliphatic carbocycles. The first-order chi connectivity index (χ1) is 0. The zero-order chi connectivity index (χ0) is 0. The molecule has 0 aromatic carbocycles. The van der Waals surface area contributed by atoms with Crippen LogP contribution in [0.1, 0.15) is 0 Å². The van der Waals surface area contributed by atoms with E-state index in [-0.39, 0.29) is 1210 Å². The minimum absolute atomic E-state index is 0. The SMILES string of the molecule is [Y].[Y].[Y].[Y].[Y].[Y].[Y].[Y].[Y].[Y].[Y].[Y].[Y].[Y].[Y].[Y].[Y].[Y].[Y].[Y].[Y].[Y].[Y].[Y].[Y].[Y].[Y].[Y].[Y].[Y].[Y].[Y].[Y].[Y].[Y].[Y].[Y]. The Kier molecular flexibility index (Phi) is 1970. The fourth-order valence-electron chi connectivity index (χ4n) is 0. The van der Waals surface area contributed by atoms with Crippen LogP contribution in [0.4, 0.5) is 0 Å². The summed E-state index contributed by atoms with van der Waals surface area (Å²) in [6.07, 6.45) is 0. The predicted octanol–water partition coefficient (Wildman–Crippen LogP) is -0.0925. The fraction of sp³-hybridized carbons (Fsp3) is 0. The van der Waals surface area contributed by atoms with Gasteiger partial charge in [-0.1, -0.05) is 0 Å². The van der Waals surface area contributed by atoms with Gasteiger partial charge in [0.15, 0.2) is 0 Å². The van der Waals surface area contributed by atoms with Gasteiger partial charge in [-0.15, -0.1) is 0 Å². The Morgan fingerprint density at radius 3 is 0.0270 bits per heavy atom. The summed E-state index contributed by atoms with van der Waals surface area (Å²) in [5.74, 6) is 0. The molecular weight excluding hydrogens is 3290 g/mol. The van der Waals surface area contributed by atoms with Gasteiger partial charge in [0.05, 0.1) is 0 Å². The summed E-state index contributed by atoms with van der Waals surface area (Å²) < 4.78 is 0. The van der Waals surface area contributed by atoms with E-state index >= 15 is 0 Å². The number of hydrogen-bond acceptors (Lipinski definition) is 0. The van der Waals surface area contributed by atoms with Crippen molar-refractivity contribution in [2.24, 2.45) is 0 Å². The number of rotatable bonds is 0. The molecule has 37 radical (unpaired) electrons. The Labute approximate surface area is 1160 Å². The normalized spacial score (nSPS) is 0. The monoisotopic (exact) mass is 3290 g/mol. The van der Waals surface area contributed by atoms with Crippen LogP contribution < -0.4 is 0 Å². The molecule has 0 aromatic rings. The average Bonchev–Trinajstić information content (AvgIpc) is 0. The molecule has 0 fully saturated rings. The van der Waals surface area contributed by atoms with Crippen LogP contribution in [-0.2, 0) is 1210 Å². The first-order valence-electron chi connectivity index (χ1n) is 0. The van der Waals surface area contributed by atoms with Crippen molar-refractivity contribution in [3.8, 4) is 0 Å². The van der Waals surface area contributed by atoms with Gasteiger partial charge in [0, 0.05) is 1210 Å². The Hall–Kier alpha value is 40.8. The second-order valence-electron chi connectivity index (χ2n) is 0. The minimum atomic E-state index is 0. The Bertz CT molecular complexity index is 0. The molecule has 111 valence electrons. The van der Waals surface area contributed by atoms with E-state index in [1.165, 1.54) is 0 Å². The van der Waals surface area contributed by atoms with Gasteiger partial charge in [0.25, 0.3) is 0 Å². The molecule has 0 atom stereocenters. The molecule has 37 heavy (non-hydrogen) atoms. The molecule has 0 N–H and O–H groups in total. The summed E-state index contributed by atoms with van der Waals surface area (Å²) in [4.78, 5) is 0. The summed E-state index contributed by atoms with van der Waals surface area (Å²) in [7, 11) is 0. The van der Waals surface area contributed by atoms with Crippen molar-refractivity contribution < 1.29 is 1210 Å². The topological polar surface area (TPSA) is 0 Å². The van der Waals surface area contributed by atoms with Gasteiger partial charge in [-0.3, -0.25) is 0 Å². The van der Waals surface area contributed by atoms with Crippen LogP contribution in [0.3, 0.4) is 0 Å². The molecule has 0 aromatic heterocycles. The molecular formula is Y37.